The molecule has 2 amide bonds. The first-order valence-electron chi connectivity index (χ1n) is 8.74. The lowest BCUT2D eigenvalue weighted by Gasteiger charge is -2.34. The van der Waals surface area contributed by atoms with E-state index < -0.39 is 5.92 Å². The Morgan fingerprint density at radius 3 is 2.62 bits per heavy atom. The van der Waals surface area contributed by atoms with Crippen molar-refractivity contribution >= 4 is 17.5 Å². The molecule has 2 aromatic rings. The number of fused-ring (bicyclic) bond motifs is 1. The molecular weight excluding hydrogens is 326 g/mol. The molecule has 5 heteroatoms. The summed E-state index contributed by atoms with van der Waals surface area (Å²) in [6, 6.07) is 16.7. The molecule has 2 unspecified atom stereocenters. The number of benzene rings is 2. The van der Waals surface area contributed by atoms with Crippen molar-refractivity contribution in [3.05, 3.63) is 65.2 Å². The summed E-state index contributed by atoms with van der Waals surface area (Å²) < 4.78 is 0. The molecule has 0 saturated carbocycles. The van der Waals surface area contributed by atoms with E-state index >= 15 is 0 Å². The van der Waals surface area contributed by atoms with Gasteiger partial charge in [0.1, 0.15) is 0 Å². The van der Waals surface area contributed by atoms with Gasteiger partial charge in [-0.2, -0.15) is 5.26 Å². The molecule has 0 spiro atoms. The van der Waals surface area contributed by atoms with Crippen LogP contribution in [0.3, 0.4) is 0 Å². The first-order chi connectivity index (χ1) is 12.5. The van der Waals surface area contributed by atoms with Crippen molar-refractivity contribution in [3.8, 4) is 6.07 Å². The van der Waals surface area contributed by atoms with Crippen molar-refractivity contribution in [2.75, 3.05) is 11.9 Å². The van der Waals surface area contributed by atoms with Gasteiger partial charge in [0.15, 0.2) is 0 Å². The predicted octanol–water partition coefficient (Wildman–Crippen LogP) is 3.59. The Morgan fingerprint density at radius 1 is 1.27 bits per heavy atom. The Morgan fingerprint density at radius 2 is 1.96 bits per heavy atom. The number of rotatable bonds is 4. The maximum absolute atomic E-state index is 13.3. The first kappa shape index (κ1) is 17.7. The Kier molecular flexibility index (Phi) is 5.04. The minimum atomic E-state index is -0.472. The zero-order chi connectivity index (χ0) is 18.7. The minimum absolute atomic E-state index is 0.0494. The smallest absolute Gasteiger partial charge is 0.231 e. The van der Waals surface area contributed by atoms with Crippen molar-refractivity contribution in [2.24, 2.45) is 0 Å². The highest BCUT2D eigenvalue weighted by molar-refractivity contribution is 6.01. The number of carbonyl (C=O) groups excluding carboxylic acids is 2. The second kappa shape index (κ2) is 7.40. The van der Waals surface area contributed by atoms with Crippen LogP contribution in [-0.2, 0) is 9.59 Å². The fourth-order valence-corrected chi connectivity index (χ4v) is 3.47. The van der Waals surface area contributed by atoms with Gasteiger partial charge < -0.3 is 10.2 Å². The number of nitriles is 1. The Balaban J connectivity index is 1.89. The van der Waals surface area contributed by atoms with E-state index in [1.54, 1.807) is 17.0 Å². The van der Waals surface area contributed by atoms with Gasteiger partial charge in [0.25, 0.3) is 0 Å². The van der Waals surface area contributed by atoms with Crippen LogP contribution in [0.5, 0.6) is 0 Å². The van der Waals surface area contributed by atoms with Gasteiger partial charge in [0.05, 0.1) is 23.6 Å². The lowest BCUT2D eigenvalue weighted by molar-refractivity contribution is -0.136. The summed E-state index contributed by atoms with van der Waals surface area (Å²) in [6.07, 6.45) is 0.159. The molecule has 0 radical (unpaired) electrons. The molecule has 1 N–H and O–H groups in total. The number of amides is 2. The average Bonchev–Trinajstić information content (AvgIpc) is 2.67. The van der Waals surface area contributed by atoms with Gasteiger partial charge in [-0.3, -0.25) is 9.59 Å². The number of anilines is 1. The van der Waals surface area contributed by atoms with Crippen LogP contribution in [0.15, 0.2) is 48.5 Å². The predicted molar refractivity (Wildman–Crippen MR) is 99.4 cm³/mol. The van der Waals surface area contributed by atoms with Crippen molar-refractivity contribution in [2.45, 2.75) is 32.2 Å². The highest BCUT2D eigenvalue weighted by Crippen LogP contribution is 2.35. The van der Waals surface area contributed by atoms with Crippen molar-refractivity contribution in [3.63, 3.8) is 0 Å². The number of likely N-dealkylation sites (N-methyl/N-ethyl adjacent to an activating group) is 1. The van der Waals surface area contributed by atoms with E-state index in [1.165, 1.54) is 0 Å². The lowest BCUT2D eigenvalue weighted by atomic mass is 9.88. The van der Waals surface area contributed by atoms with Crippen LogP contribution in [0.2, 0.25) is 0 Å². The normalized spacial score (nSPS) is 16.8. The topological polar surface area (TPSA) is 73.2 Å². The van der Waals surface area contributed by atoms with Gasteiger partial charge >= 0.3 is 0 Å². The summed E-state index contributed by atoms with van der Waals surface area (Å²) in [7, 11) is 0. The van der Waals surface area contributed by atoms with E-state index in [4.69, 9.17) is 5.26 Å². The maximum atomic E-state index is 13.3. The molecule has 26 heavy (non-hydrogen) atoms. The van der Waals surface area contributed by atoms with Gasteiger partial charge in [-0.25, -0.2) is 0 Å². The molecule has 0 bridgehead atoms. The number of carbonyl (C=O) groups is 2. The fraction of sp³-hybridized carbons (Fsp3) is 0.286. The molecule has 5 nitrogen and oxygen atoms in total. The van der Waals surface area contributed by atoms with Gasteiger partial charge in [0, 0.05) is 18.7 Å². The monoisotopic (exact) mass is 347 g/mol. The van der Waals surface area contributed by atoms with Crippen molar-refractivity contribution in [1.82, 2.24) is 4.90 Å². The highest BCUT2D eigenvalue weighted by Gasteiger charge is 2.34. The van der Waals surface area contributed by atoms with Gasteiger partial charge in [-0.1, -0.05) is 30.3 Å². The fourth-order valence-electron chi connectivity index (χ4n) is 3.47. The van der Waals surface area contributed by atoms with Crippen LogP contribution in [0.1, 0.15) is 48.9 Å². The second-order valence-electron chi connectivity index (χ2n) is 6.43. The summed E-state index contributed by atoms with van der Waals surface area (Å²) in [4.78, 5) is 27.1. The minimum Gasteiger partial charge on any atom is -0.336 e. The Labute approximate surface area is 153 Å². The summed E-state index contributed by atoms with van der Waals surface area (Å²) in [6.45, 7) is 4.45. The van der Waals surface area contributed by atoms with Gasteiger partial charge in [0.2, 0.25) is 11.8 Å². The number of hydrogen-bond donors (Lipinski definition) is 1. The summed E-state index contributed by atoms with van der Waals surface area (Å²) >= 11 is 0. The summed E-state index contributed by atoms with van der Waals surface area (Å²) in [5.74, 6) is -0.656. The van der Waals surface area contributed by atoms with E-state index in [9.17, 15) is 9.59 Å². The van der Waals surface area contributed by atoms with Gasteiger partial charge in [-0.05, 0) is 43.2 Å². The average molecular weight is 347 g/mol. The summed E-state index contributed by atoms with van der Waals surface area (Å²) in [5, 5.41) is 11.8. The maximum Gasteiger partial charge on any atom is 0.231 e. The summed E-state index contributed by atoms with van der Waals surface area (Å²) in [5.41, 5.74) is 3.13. The molecular formula is C21H21N3O2. The molecule has 1 aliphatic rings. The van der Waals surface area contributed by atoms with Crippen LogP contribution in [-0.4, -0.2) is 23.3 Å². The molecule has 2 atom stereocenters. The molecule has 3 rings (SSSR count). The molecule has 132 valence electrons. The Hall–Kier alpha value is -3.13. The largest absolute Gasteiger partial charge is 0.336 e. The number of nitrogens with zero attached hydrogens (tertiary/aromatic N) is 2. The molecule has 0 fully saturated rings. The standard InChI is InChI=1S/C21H21N3O2/c1-3-24(14(2)16-10-8-15(13-22)9-11-16)21(26)18-12-20(25)23-19-7-5-4-6-17(18)19/h4-11,14,18H,3,12H2,1-2H3,(H,23,25). The molecule has 0 aromatic heterocycles. The van der Waals surface area contributed by atoms with Crippen LogP contribution < -0.4 is 5.32 Å². The quantitative estimate of drug-likeness (QED) is 0.918. The van der Waals surface area contributed by atoms with E-state index in [0.29, 0.717) is 17.8 Å². The highest BCUT2D eigenvalue weighted by atomic mass is 16.2. The number of nitrogens with one attached hydrogen (secondary N) is 1. The van der Waals surface area contributed by atoms with Crippen molar-refractivity contribution < 1.29 is 9.59 Å². The van der Waals surface area contributed by atoms with Crippen LogP contribution in [0.25, 0.3) is 0 Å². The number of para-hydroxylation sites is 1. The molecule has 0 saturated heterocycles. The Bertz CT molecular complexity index is 868. The second-order valence-corrected chi connectivity index (χ2v) is 6.43. The molecule has 2 aromatic carbocycles. The third kappa shape index (κ3) is 3.31. The number of hydrogen-bond acceptors (Lipinski definition) is 3. The van der Waals surface area contributed by atoms with Crippen LogP contribution in [0, 0.1) is 11.3 Å². The van der Waals surface area contributed by atoms with Crippen LogP contribution in [0.4, 0.5) is 5.69 Å². The van der Waals surface area contributed by atoms with Crippen molar-refractivity contribution in [1.29, 1.82) is 5.26 Å². The molecule has 0 aliphatic carbocycles. The van der Waals surface area contributed by atoms with E-state index in [2.05, 4.69) is 11.4 Å². The third-order valence-electron chi connectivity index (χ3n) is 4.91. The molecule has 1 aliphatic heterocycles. The van der Waals surface area contributed by atoms with E-state index in [1.807, 2.05) is 50.2 Å². The van der Waals surface area contributed by atoms with Crippen LogP contribution >= 0.6 is 0 Å². The first-order valence-corrected chi connectivity index (χ1v) is 8.74. The lowest BCUT2D eigenvalue weighted by Crippen LogP contribution is -2.40. The van der Waals surface area contributed by atoms with E-state index in [0.717, 1.165) is 11.1 Å². The molecule has 1 heterocycles. The third-order valence-corrected chi connectivity index (χ3v) is 4.91. The zero-order valence-electron chi connectivity index (χ0n) is 14.9. The van der Waals surface area contributed by atoms with Gasteiger partial charge in [-0.15, -0.1) is 0 Å². The zero-order valence-corrected chi connectivity index (χ0v) is 14.9. The SMILES string of the molecule is CCN(C(=O)C1CC(=O)Nc2ccccc21)C(C)c1ccc(C#N)cc1. The van der Waals surface area contributed by atoms with E-state index in [-0.39, 0.29) is 24.3 Å².